The highest BCUT2D eigenvalue weighted by Gasteiger charge is 2.65. The molecular weight excluding hydrogens is 434 g/mol. The van der Waals surface area contributed by atoms with Crippen LogP contribution in [0.2, 0.25) is 0 Å². The molecule has 0 aromatic rings. The first kappa shape index (κ1) is 24.9. The maximum Gasteiger partial charge on any atom is 0.178 e. The van der Waals surface area contributed by atoms with Crippen LogP contribution in [0.15, 0.2) is 23.3 Å². The Hall–Kier alpha value is -1.73. The quantitative estimate of drug-likeness (QED) is 0.514. The van der Waals surface area contributed by atoms with E-state index in [2.05, 4.69) is 33.8 Å². The van der Waals surface area contributed by atoms with Crippen LogP contribution in [0, 0.1) is 62.1 Å². The van der Waals surface area contributed by atoms with Crippen molar-refractivity contribution in [1.82, 2.24) is 0 Å². The topological polar surface area (TPSA) is 78.2 Å². The Balaban J connectivity index is 1.64. The van der Waals surface area contributed by atoms with E-state index in [0.29, 0.717) is 5.92 Å². The molecule has 4 heteroatoms. The molecule has 190 valence electrons. The predicted molar refractivity (Wildman–Crippen MR) is 136 cm³/mol. The van der Waals surface area contributed by atoms with E-state index < -0.39 is 10.8 Å². The molecule has 5 aliphatic carbocycles. The zero-order valence-corrected chi connectivity index (χ0v) is 22.5. The van der Waals surface area contributed by atoms with Crippen LogP contribution >= 0.6 is 0 Å². The summed E-state index contributed by atoms with van der Waals surface area (Å²) in [6, 6.07) is 2.18. The summed E-state index contributed by atoms with van der Waals surface area (Å²) < 4.78 is 0. The molecule has 7 unspecified atom stereocenters. The molecule has 35 heavy (non-hydrogen) atoms. The Labute approximate surface area is 211 Å². The summed E-state index contributed by atoms with van der Waals surface area (Å²) >= 11 is 0. The fraction of sp³-hybridized carbons (Fsp3) is 0.774. The Morgan fingerprint density at radius 3 is 2.37 bits per heavy atom. The standard InChI is InChI=1S/C31H43NO3/c1-27(2)11-12-31(13-14-33)10-7-20-25(21(31)17-27)22(34)15-24-29(20,5)9-8-23-28(3,4)26(35)19(18-32)16-30(23,24)6/h15-16,20-21,23,25,33H,7-14,17H2,1-6H3. The number of nitriles is 1. The minimum Gasteiger partial charge on any atom is -0.396 e. The van der Waals surface area contributed by atoms with Gasteiger partial charge in [-0.1, -0.05) is 53.2 Å². The summed E-state index contributed by atoms with van der Waals surface area (Å²) in [7, 11) is 0. The highest BCUT2D eigenvalue weighted by molar-refractivity contribution is 6.04. The van der Waals surface area contributed by atoms with Crippen LogP contribution in [-0.2, 0) is 9.59 Å². The minimum atomic E-state index is -0.618. The largest absolute Gasteiger partial charge is 0.396 e. The van der Waals surface area contributed by atoms with E-state index in [9.17, 15) is 20.0 Å². The van der Waals surface area contributed by atoms with Gasteiger partial charge in [0.1, 0.15) is 6.07 Å². The van der Waals surface area contributed by atoms with Gasteiger partial charge in [-0.15, -0.1) is 0 Å². The van der Waals surface area contributed by atoms with E-state index >= 15 is 0 Å². The monoisotopic (exact) mass is 477 g/mol. The molecule has 0 aliphatic heterocycles. The van der Waals surface area contributed by atoms with E-state index in [0.717, 1.165) is 51.4 Å². The summed E-state index contributed by atoms with van der Waals surface area (Å²) in [6.07, 6.45) is 12.1. The zero-order valence-electron chi connectivity index (χ0n) is 22.5. The number of Topliss-reactive ketones (excluding diaryl/α,β-unsaturated/α-hetero) is 1. The first-order valence-electron chi connectivity index (χ1n) is 13.8. The lowest BCUT2D eigenvalue weighted by Gasteiger charge is -2.65. The Kier molecular flexibility index (Phi) is 5.44. The molecule has 1 N–H and O–H groups in total. The van der Waals surface area contributed by atoms with Crippen LogP contribution in [0.4, 0.5) is 0 Å². The van der Waals surface area contributed by atoms with Crippen LogP contribution in [0.25, 0.3) is 0 Å². The zero-order chi connectivity index (χ0) is 25.6. The van der Waals surface area contributed by atoms with Gasteiger partial charge >= 0.3 is 0 Å². The number of rotatable bonds is 2. The molecule has 5 aliphatic rings. The number of nitrogens with zero attached hydrogens (tertiary/aromatic N) is 1. The average Bonchev–Trinajstić information content (AvgIpc) is 2.78. The molecule has 0 bridgehead atoms. The lowest BCUT2D eigenvalue weighted by atomic mass is 9.38. The normalized spacial score (nSPS) is 45.7. The van der Waals surface area contributed by atoms with Gasteiger partial charge in [0.15, 0.2) is 11.6 Å². The van der Waals surface area contributed by atoms with Crippen molar-refractivity contribution in [2.75, 3.05) is 6.61 Å². The lowest BCUT2D eigenvalue weighted by molar-refractivity contribution is -0.150. The summed E-state index contributed by atoms with van der Waals surface area (Å²) in [5, 5.41) is 19.8. The molecule has 0 amide bonds. The second-order valence-electron chi connectivity index (χ2n) is 14.5. The van der Waals surface area contributed by atoms with Crippen LogP contribution in [0.5, 0.6) is 0 Å². The smallest absolute Gasteiger partial charge is 0.178 e. The van der Waals surface area contributed by atoms with Crippen molar-refractivity contribution in [2.45, 2.75) is 92.9 Å². The van der Waals surface area contributed by atoms with Gasteiger partial charge in [0.25, 0.3) is 0 Å². The summed E-state index contributed by atoms with van der Waals surface area (Å²) in [5.41, 5.74) is 0.549. The molecule has 0 aromatic carbocycles. The second kappa shape index (κ2) is 7.64. The number of allylic oxidation sites excluding steroid dienone is 4. The van der Waals surface area contributed by atoms with Crippen molar-refractivity contribution in [2.24, 2.45) is 50.7 Å². The molecule has 5 rings (SSSR count). The maximum absolute atomic E-state index is 14.1. The number of carbonyl (C=O) groups is 2. The Morgan fingerprint density at radius 2 is 1.71 bits per heavy atom. The van der Waals surface area contributed by atoms with Crippen LogP contribution in [0.1, 0.15) is 92.9 Å². The number of hydrogen-bond acceptors (Lipinski definition) is 4. The van der Waals surface area contributed by atoms with Gasteiger partial charge < -0.3 is 5.11 Å². The van der Waals surface area contributed by atoms with Gasteiger partial charge in [-0.2, -0.15) is 5.26 Å². The lowest BCUT2D eigenvalue weighted by Crippen LogP contribution is -2.60. The number of carbonyl (C=O) groups excluding carboxylic acids is 2. The Morgan fingerprint density at radius 1 is 1.00 bits per heavy atom. The average molecular weight is 478 g/mol. The van der Waals surface area contributed by atoms with Crippen molar-refractivity contribution in [3.63, 3.8) is 0 Å². The molecule has 0 aromatic heterocycles. The van der Waals surface area contributed by atoms with Gasteiger partial charge in [0.2, 0.25) is 0 Å². The third kappa shape index (κ3) is 3.26. The molecule has 3 fully saturated rings. The third-order valence-electron chi connectivity index (χ3n) is 11.9. The van der Waals surface area contributed by atoms with Gasteiger partial charge in [-0.05, 0) is 91.4 Å². The molecule has 7 atom stereocenters. The predicted octanol–water partition coefficient (Wildman–Crippen LogP) is 6.20. The number of fused-ring (bicyclic) bond motifs is 7. The third-order valence-corrected chi connectivity index (χ3v) is 11.9. The van der Waals surface area contributed by atoms with E-state index in [4.69, 9.17) is 0 Å². The molecule has 0 radical (unpaired) electrons. The van der Waals surface area contributed by atoms with Crippen LogP contribution < -0.4 is 0 Å². The molecule has 4 nitrogen and oxygen atoms in total. The van der Waals surface area contributed by atoms with Crippen molar-refractivity contribution in [3.8, 4) is 6.07 Å². The van der Waals surface area contributed by atoms with Crippen molar-refractivity contribution in [3.05, 3.63) is 23.3 Å². The first-order valence-corrected chi connectivity index (χ1v) is 13.8. The molecular formula is C31H43NO3. The minimum absolute atomic E-state index is 0.0152. The SMILES string of the molecule is CC1(C)CCC2(CCO)CCC3C(C(=O)C=C4C5(C)C=C(C#N)C(=O)C(C)(C)C5CCC43C)C2C1. The fourth-order valence-electron chi connectivity index (χ4n) is 10.0. The maximum atomic E-state index is 14.1. The number of hydrogen-bond donors (Lipinski definition) is 1. The van der Waals surface area contributed by atoms with E-state index in [1.165, 1.54) is 5.57 Å². The van der Waals surface area contributed by atoms with E-state index in [-0.39, 0.29) is 57.7 Å². The van der Waals surface area contributed by atoms with Gasteiger partial charge in [-0.3, -0.25) is 9.59 Å². The molecule has 0 heterocycles. The van der Waals surface area contributed by atoms with Gasteiger partial charge in [-0.25, -0.2) is 0 Å². The van der Waals surface area contributed by atoms with Gasteiger partial charge in [0, 0.05) is 23.4 Å². The summed E-state index contributed by atoms with van der Waals surface area (Å²) in [4.78, 5) is 27.3. The van der Waals surface area contributed by atoms with E-state index in [1.807, 2.05) is 26.0 Å². The molecule has 3 saturated carbocycles. The van der Waals surface area contributed by atoms with Crippen molar-refractivity contribution >= 4 is 11.6 Å². The van der Waals surface area contributed by atoms with Gasteiger partial charge in [0.05, 0.1) is 5.57 Å². The van der Waals surface area contributed by atoms with Crippen molar-refractivity contribution in [1.29, 1.82) is 5.26 Å². The van der Waals surface area contributed by atoms with Crippen LogP contribution in [0.3, 0.4) is 0 Å². The molecule has 0 spiro atoms. The summed E-state index contributed by atoms with van der Waals surface area (Å²) in [6.45, 7) is 13.4. The number of aliphatic hydroxyl groups is 1. The first-order chi connectivity index (χ1) is 16.3. The molecule has 0 saturated heterocycles. The highest BCUT2D eigenvalue weighted by atomic mass is 16.3. The van der Waals surface area contributed by atoms with Crippen molar-refractivity contribution < 1.29 is 14.7 Å². The van der Waals surface area contributed by atoms with Crippen LogP contribution in [-0.4, -0.2) is 23.3 Å². The summed E-state index contributed by atoms with van der Waals surface area (Å²) in [5.74, 6) is 0.922. The number of aliphatic hydroxyl groups excluding tert-OH is 1. The Bertz CT molecular complexity index is 1070. The highest BCUT2D eigenvalue weighted by Crippen LogP contribution is 2.70. The number of ketones is 2. The second-order valence-corrected chi connectivity index (χ2v) is 14.5. The fourth-order valence-corrected chi connectivity index (χ4v) is 10.0. The van der Waals surface area contributed by atoms with E-state index in [1.54, 1.807) is 0 Å².